The maximum absolute atomic E-state index is 12.0. The van der Waals surface area contributed by atoms with Crippen LogP contribution in [0.1, 0.15) is 43.8 Å². The molecule has 1 atom stereocenters. The minimum absolute atomic E-state index is 0.150. The van der Waals surface area contributed by atoms with Gasteiger partial charge in [0.15, 0.2) is 0 Å². The molecule has 1 aliphatic carbocycles. The molecule has 9 nitrogen and oxygen atoms in total. The molecule has 1 saturated carbocycles. The average Bonchev–Trinajstić information content (AvgIpc) is 3.47. The van der Waals surface area contributed by atoms with Crippen molar-refractivity contribution in [2.75, 3.05) is 26.3 Å². The highest BCUT2D eigenvalue weighted by Gasteiger charge is 2.38. The largest absolute Gasteiger partial charge is 0.490 e. The summed E-state index contributed by atoms with van der Waals surface area (Å²) in [6.45, 7) is 4.03. The highest BCUT2D eigenvalue weighted by molar-refractivity contribution is 7.90. The van der Waals surface area contributed by atoms with Crippen LogP contribution in [-0.2, 0) is 26.1 Å². The van der Waals surface area contributed by atoms with Crippen molar-refractivity contribution in [1.82, 2.24) is 19.4 Å². The van der Waals surface area contributed by atoms with Crippen LogP contribution in [0, 0.1) is 0 Å². The number of aliphatic carboxylic acids is 1. The Labute approximate surface area is 178 Å². The van der Waals surface area contributed by atoms with Crippen molar-refractivity contribution in [3.05, 3.63) is 18.0 Å². The van der Waals surface area contributed by atoms with Crippen molar-refractivity contribution in [2.24, 2.45) is 0 Å². The summed E-state index contributed by atoms with van der Waals surface area (Å²) in [5.41, 5.74) is 1.22. The number of sulfonamides is 1. The molecular formula is C18H27F3N4O5S. The number of halogens is 3. The fourth-order valence-electron chi connectivity index (χ4n) is 3.82. The van der Waals surface area contributed by atoms with Crippen molar-refractivity contribution in [3.63, 3.8) is 0 Å². The van der Waals surface area contributed by atoms with Crippen LogP contribution < -0.4 is 4.72 Å². The van der Waals surface area contributed by atoms with Gasteiger partial charge >= 0.3 is 12.1 Å². The van der Waals surface area contributed by atoms with Crippen molar-refractivity contribution >= 4 is 16.0 Å². The maximum Gasteiger partial charge on any atom is 0.490 e. The number of carbonyl (C=O) groups is 1. The van der Waals surface area contributed by atoms with Gasteiger partial charge in [0.25, 0.3) is 0 Å². The summed E-state index contributed by atoms with van der Waals surface area (Å²) in [7, 11) is -3.10. The molecule has 1 saturated heterocycles. The highest BCUT2D eigenvalue weighted by Crippen LogP contribution is 2.29. The third-order valence-corrected chi connectivity index (χ3v) is 7.56. The van der Waals surface area contributed by atoms with Gasteiger partial charge < -0.3 is 9.84 Å². The minimum atomic E-state index is -5.08. The summed E-state index contributed by atoms with van der Waals surface area (Å²) >= 11 is 0. The second-order valence-corrected chi connectivity index (χ2v) is 9.97. The molecule has 1 aromatic rings. The Bertz CT molecular complexity index is 851. The molecule has 0 amide bonds. The quantitative estimate of drug-likeness (QED) is 0.651. The molecule has 13 heteroatoms. The number of hydrogen-bond donors (Lipinski definition) is 2. The molecule has 3 aliphatic rings. The summed E-state index contributed by atoms with van der Waals surface area (Å²) in [5, 5.41) is 11.4. The summed E-state index contributed by atoms with van der Waals surface area (Å²) in [5.74, 6) is -2.76. The molecule has 3 heterocycles. The minimum Gasteiger partial charge on any atom is -0.475 e. The lowest BCUT2D eigenvalue weighted by molar-refractivity contribution is -0.192. The van der Waals surface area contributed by atoms with E-state index in [1.165, 1.54) is 5.69 Å². The number of aromatic nitrogens is 2. The molecule has 0 bridgehead atoms. The summed E-state index contributed by atoms with van der Waals surface area (Å²) in [4.78, 5) is 11.4. The number of ether oxygens (including phenoxy) is 1. The first-order chi connectivity index (χ1) is 14.6. The van der Waals surface area contributed by atoms with E-state index in [0.29, 0.717) is 12.6 Å². The van der Waals surface area contributed by atoms with E-state index in [9.17, 15) is 21.6 Å². The van der Waals surface area contributed by atoms with Crippen LogP contribution in [0.4, 0.5) is 13.2 Å². The zero-order valence-corrected chi connectivity index (χ0v) is 17.7. The van der Waals surface area contributed by atoms with Gasteiger partial charge in [-0.3, -0.25) is 9.58 Å². The van der Waals surface area contributed by atoms with Gasteiger partial charge in [0.05, 0.1) is 17.0 Å². The average molecular weight is 468 g/mol. The van der Waals surface area contributed by atoms with Crippen molar-refractivity contribution in [3.8, 4) is 0 Å². The van der Waals surface area contributed by atoms with Gasteiger partial charge in [0, 0.05) is 45.1 Å². The number of carboxylic acids is 1. The number of nitrogens with zero attached hydrogens (tertiary/aromatic N) is 3. The van der Waals surface area contributed by atoms with E-state index in [1.807, 2.05) is 6.20 Å². The van der Waals surface area contributed by atoms with Crippen LogP contribution in [0.5, 0.6) is 0 Å². The van der Waals surface area contributed by atoms with Gasteiger partial charge in [0.2, 0.25) is 10.0 Å². The number of hydrogen-bond acceptors (Lipinski definition) is 6. The standard InChI is InChI=1S/C16H26N4O3S.C2HF3O2/c21-24(22,16-1-2-16)18-8-4-15-12-19(13-5-9-23-10-6-13)11-14-3-7-17-20(14)15;3-2(4,5)1(6)7/h3,7,13,15-16,18H,1-2,4-6,8-12H2;(H,6,7). The van der Waals surface area contributed by atoms with E-state index in [4.69, 9.17) is 14.6 Å². The number of alkyl halides is 3. The lowest BCUT2D eigenvalue weighted by atomic mass is 10.0. The van der Waals surface area contributed by atoms with Crippen LogP contribution in [0.3, 0.4) is 0 Å². The van der Waals surface area contributed by atoms with Gasteiger partial charge in [-0.05, 0) is 38.2 Å². The Morgan fingerprint density at radius 3 is 2.48 bits per heavy atom. The van der Waals surface area contributed by atoms with Gasteiger partial charge in [0.1, 0.15) is 0 Å². The molecular weight excluding hydrogens is 441 g/mol. The number of fused-ring (bicyclic) bond motifs is 1. The predicted octanol–water partition coefficient (Wildman–Crippen LogP) is 1.52. The third kappa shape index (κ3) is 6.64. The van der Waals surface area contributed by atoms with Gasteiger partial charge in [-0.15, -0.1) is 0 Å². The van der Waals surface area contributed by atoms with Crippen LogP contribution in [-0.4, -0.2) is 77.9 Å². The van der Waals surface area contributed by atoms with E-state index < -0.39 is 22.2 Å². The van der Waals surface area contributed by atoms with Gasteiger partial charge in [-0.2, -0.15) is 18.3 Å². The van der Waals surface area contributed by atoms with E-state index in [-0.39, 0.29) is 11.3 Å². The smallest absolute Gasteiger partial charge is 0.475 e. The fraction of sp³-hybridized carbons (Fsp3) is 0.778. The molecule has 2 aliphatic heterocycles. The predicted molar refractivity (Wildman–Crippen MR) is 104 cm³/mol. The summed E-state index contributed by atoms with van der Waals surface area (Å²) < 4.78 is 66.0. The Kier molecular flexibility index (Phi) is 7.60. The first kappa shape index (κ1) is 24.0. The fourth-order valence-corrected chi connectivity index (χ4v) is 5.22. The lowest BCUT2D eigenvalue weighted by Gasteiger charge is -2.40. The Hall–Kier alpha value is -1.70. The van der Waals surface area contributed by atoms with Gasteiger partial charge in [-0.25, -0.2) is 17.9 Å². The molecule has 1 unspecified atom stereocenters. The van der Waals surface area contributed by atoms with E-state index in [1.54, 1.807) is 0 Å². The monoisotopic (exact) mass is 468 g/mol. The molecule has 0 spiro atoms. The maximum atomic E-state index is 12.0. The number of nitrogens with one attached hydrogen (secondary N) is 1. The van der Waals surface area contributed by atoms with Crippen molar-refractivity contribution < 1.29 is 36.2 Å². The lowest BCUT2D eigenvalue weighted by Crippen LogP contribution is -2.46. The zero-order valence-electron chi connectivity index (χ0n) is 16.9. The van der Waals surface area contributed by atoms with E-state index in [0.717, 1.165) is 58.4 Å². The van der Waals surface area contributed by atoms with Crippen molar-refractivity contribution in [2.45, 2.75) is 62.2 Å². The zero-order chi connectivity index (χ0) is 22.6. The SMILES string of the molecule is O=C(O)C(F)(F)F.O=S(=O)(NCCC1CN(C2CCOCC2)Cc2ccnn21)C1CC1. The summed E-state index contributed by atoms with van der Waals surface area (Å²) in [6.07, 6.45) is 1.31. The Morgan fingerprint density at radius 2 is 1.90 bits per heavy atom. The molecule has 31 heavy (non-hydrogen) atoms. The second kappa shape index (κ2) is 9.84. The molecule has 0 aromatic carbocycles. The Balaban J connectivity index is 0.000000339. The van der Waals surface area contributed by atoms with Crippen LogP contribution >= 0.6 is 0 Å². The molecule has 4 rings (SSSR count). The summed E-state index contributed by atoms with van der Waals surface area (Å²) in [6, 6.07) is 2.87. The highest BCUT2D eigenvalue weighted by atomic mass is 32.2. The van der Waals surface area contributed by atoms with Crippen molar-refractivity contribution in [1.29, 1.82) is 0 Å². The van der Waals surface area contributed by atoms with Gasteiger partial charge in [-0.1, -0.05) is 0 Å². The first-order valence-electron chi connectivity index (χ1n) is 10.2. The van der Waals surface area contributed by atoms with Crippen LogP contribution in [0.2, 0.25) is 0 Å². The number of carboxylic acid groups (broad SMARTS) is 1. The molecule has 176 valence electrons. The molecule has 2 fully saturated rings. The second-order valence-electron chi connectivity index (χ2n) is 7.92. The van der Waals surface area contributed by atoms with Crippen LogP contribution in [0.25, 0.3) is 0 Å². The van der Waals surface area contributed by atoms with E-state index >= 15 is 0 Å². The van der Waals surface area contributed by atoms with E-state index in [2.05, 4.69) is 25.5 Å². The Morgan fingerprint density at radius 1 is 1.26 bits per heavy atom. The normalized spacial score (nSPS) is 23.0. The molecule has 2 N–H and O–H groups in total. The topological polar surface area (TPSA) is 114 Å². The van der Waals surface area contributed by atoms with Crippen LogP contribution in [0.15, 0.2) is 12.3 Å². The number of rotatable bonds is 6. The molecule has 1 aromatic heterocycles. The third-order valence-electron chi connectivity index (χ3n) is 5.60. The molecule has 0 radical (unpaired) electrons. The first-order valence-corrected chi connectivity index (χ1v) is 11.8.